The van der Waals surface area contributed by atoms with Crippen molar-refractivity contribution in [2.75, 3.05) is 16.4 Å². The van der Waals surface area contributed by atoms with Crippen LogP contribution in [0, 0.1) is 6.92 Å². The van der Waals surface area contributed by atoms with Gasteiger partial charge in [-0.2, -0.15) is 0 Å². The lowest BCUT2D eigenvalue weighted by Crippen LogP contribution is -2.39. The Morgan fingerprint density at radius 3 is 2.39 bits per heavy atom. The van der Waals surface area contributed by atoms with Gasteiger partial charge in [0.25, 0.3) is 0 Å². The third-order valence-electron chi connectivity index (χ3n) is 3.92. The molecule has 2 amide bonds. The first-order chi connectivity index (χ1) is 13.1. The fraction of sp³-hybridized carbons (Fsp3) is 0.263. The Bertz CT molecular complexity index is 993. The van der Waals surface area contributed by atoms with Gasteiger partial charge in [0.15, 0.2) is 9.84 Å². The molecule has 28 heavy (non-hydrogen) atoms. The molecule has 1 unspecified atom stereocenters. The number of amides is 2. The molecule has 1 atom stereocenters. The summed E-state index contributed by atoms with van der Waals surface area (Å²) in [6, 6.07) is 11.4. The van der Waals surface area contributed by atoms with Crippen LogP contribution in [0.5, 0.6) is 0 Å². The van der Waals surface area contributed by atoms with Crippen molar-refractivity contribution in [1.82, 2.24) is 0 Å². The van der Waals surface area contributed by atoms with Crippen molar-refractivity contribution in [2.24, 2.45) is 0 Å². The first kappa shape index (κ1) is 22.2. The van der Waals surface area contributed by atoms with Gasteiger partial charge in [0.2, 0.25) is 11.8 Å². The zero-order valence-electron chi connectivity index (χ0n) is 15.3. The van der Waals surface area contributed by atoms with E-state index in [-0.39, 0.29) is 17.1 Å². The molecule has 0 saturated carbocycles. The minimum Gasteiger partial charge on any atom is -0.325 e. The summed E-state index contributed by atoms with van der Waals surface area (Å²) in [5, 5.41) is 4.20. The number of halogens is 2. The molecule has 0 bridgehead atoms. The van der Waals surface area contributed by atoms with Crippen molar-refractivity contribution in [3.05, 3.63) is 58.1 Å². The largest absolute Gasteiger partial charge is 0.325 e. The number of carbonyl (C=O) groups is 2. The van der Waals surface area contributed by atoms with E-state index in [9.17, 15) is 18.0 Å². The average Bonchev–Trinajstić information content (AvgIpc) is 2.57. The van der Waals surface area contributed by atoms with Crippen molar-refractivity contribution in [1.29, 1.82) is 0 Å². The number of carbonyl (C=O) groups excluding carboxylic acids is 2. The summed E-state index contributed by atoms with van der Waals surface area (Å²) in [6.45, 7) is 3.41. The smallest absolute Gasteiger partial charge is 0.242 e. The van der Waals surface area contributed by atoms with Gasteiger partial charge >= 0.3 is 0 Å². The minimum absolute atomic E-state index is 0.0110. The second-order valence-corrected chi connectivity index (χ2v) is 9.26. The molecule has 2 aromatic carbocycles. The Morgan fingerprint density at radius 2 is 1.79 bits per heavy atom. The van der Waals surface area contributed by atoms with Crippen molar-refractivity contribution in [2.45, 2.75) is 25.5 Å². The molecular formula is C19H20Cl2N2O4S. The normalized spacial score (nSPS) is 12.3. The fourth-order valence-corrected chi connectivity index (χ4v) is 4.60. The quantitative estimate of drug-likeness (QED) is 0.675. The third kappa shape index (κ3) is 5.95. The van der Waals surface area contributed by atoms with Crippen molar-refractivity contribution in [3.8, 4) is 0 Å². The number of rotatable bonds is 7. The van der Waals surface area contributed by atoms with Crippen LogP contribution in [-0.4, -0.2) is 31.2 Å². The van der Waals surface area contributed by atoms with E-state index in [1.165, 1.54) is 18.2 Å². The van der Waals surface area contributed by atoms with Crippen molar-refractivity contribution >= 4 is 56.2 Å². The highest BCUT2D eigenvalue weighted by Crippen LogP contribution is 2.26. The molecule has 0 aromatic heterocycles. The average molecular weight is 443 g/mol. The van der Waals surface area contributed by atoms with E-state index in [2.05, 4.69) is 10.6 Å². The number of aryl methyl sites for hydroxylation is 1. The summed E-state index contributed by atoms with van der Waals surface area (Å²) in [5.74, 6) is -2.27. The third-order valence-corrected chi connectivity index (χ3v) is 6.55. The molecule has 0 aliphatic carbocycles. The Kier molecular flexibility index (Phi) is 7.46. The van der Waals surface area contributed by atoms with Crippen LogP contribution < -0.4 is 10.6 Å². The molecule has 2 aromatic rings. The molecule has 9 heteroatoms. The standard InChI is InChI=1S/C19H20Cl2N2O4S/c1-3-17(19(25)23-16-8-7-13(20)10-15(16)21)28(26,27)11-18(24)22-14-6-4-5-12(2)9-14/h4-10,17H,3,11H2,1-2H3,(H,22,24)(H,23,25). The molecule has 150 valence electrons. The number of anilines is 2. The maximum Gasteiger partial charge on any atom is 0.242 e. The first-order valence-corrected chi connectivity index (χ1v) is 10.9. The SMILES string of the molecule is CCC(C(=O)Nc1ccc(Cl)cc1Cl)S(=O)(=O)CC(=O)Nc1cccc(C)c1. The maximum atomic E-state index is 12.6. The van der Waals surface area contributed by atoms with Gasteiger partial charge in [0.05, 0.1) is 10.7 Å². The van der Waals surface area contributed by atoms with Crippen LogP contribution in [0.15, 0.2) is 42.5 Å². The van der Waals surface area contributed by atoms with Gasteiger partial charge in [0.1, 0.15) is 11.0 Å². The van der Waals surface area contributed by atoms with E-state index in [0.717, 1.165) is 5.56 Å². The number of hydrogen-bond donors (Lipinski definition) is 2. The molecule has 0 aliphatic heterocycles. The Labute approximate surface area is 174 Å². The van der Waals surface area contributed by atoms with Gasteiger partial charge in [-0.1, -0.05) is 42.3 Å². The van der Waals surface area contributed by atoms with Crippen molar-refractivity contribution in [3.63, 3.8) is 0 Å². The molecule has 2 N–H and O–H groups in total. The Balaban J connectivity index is 2.10. The number of nitrogens with one attached hydrogen (secondary N) is 2. The summed E-state index contributed by atoms with van der Waals surface area (Å²) in [4.78, 5) is 24.7. The predicted molar refractivity (Wildman–Crippen MR) is 113 cm³/mol. The molecule has 0 fully saturated rings. The zero-order valence-corrected chi connectivity index (χ0v) is 17.7. The summed E-state index contributed by atoms with van der Waals surface area (Å²) < 4.78 is 25.2. The van der Waals surface area contributed by atoms with Gasteiger partial charge in [-0.05, 0) is 49.2 Å². The van der Waals surface area contributed by atoms with Crippen LogP contribution in [0.3, 0.4) is 0 Å². The Morgan fingerprint density at radius 1 is 1.07 bits per heavy atom. The van der Waals surface area contributed by atoms with Crippen LogP contribution >= 0.6 is 23.2 Å². The Hall–Kier alpha value is -2.09. The fourth-order valence-electron chi connectivity index (χ4n) is 2.61. The second kappa shape index (κ2) is 9.41. The first-order valence-electron chi connectivity index (χ1n) is 8.46. The van der Waals surface area contributed by atoms with Gasteiger partial charge in [0, 0.05) is 10.7 Å². The van der Waals surface area contributed by atoms with Crippen LogP contribution in [0.4, 0.5) is 11.4 Å². The lowest BCUT2D eigenvalue weighted by molar-refractivity contribution is -0.115. The number of benzene rings is 2. The lowest BCUT2D eigenvalue weighted by Gasteiger charge is -2.16. The summed E-state index contributed by atoms with van der Waals surface area (Å²) in [6.07, 6.45) is 0.0110. The van der Waals surface area contributed by atoms with Crippen LogP contribution in [-0.2, 0) is 19.4 Å². The highest BCUT2D eigenvalue weighted by Gasteiger charge is 2.33. The summed E-state index contributed by atoms with van der Waals surface area (Å²) >= 11 is 11.8. The topological polar surface area (TPSA) is 92.3 Å². The molecule has 6 nitrogen and oxygen atoms in total. The summed E-state index contributed by atoms with van der Waals surface area (Å²) in [7, 11) is -4.04. The van der Waals surface area contributed by atoms with E-state index in [4.69, 9.17) is 23.2 Å². The second-order valence-electron chi connectivity index (χ2n) is 6.24. The molecular weight excluding hydrogens is 423 g/mol. The van der Waals surface area contributed by atoms with E-state index < -0.39 is 32.7 Å². The van der Waals surface area contributed by atoms with Crippen LogP contribution in [0.2, 0.25) is 10.0 Å². The lowest BCUT2D eigenvalue weighted by atomic mass is 10.2. The molecule has 0 spiro atoms. The van der Waals surface area contributed by atoms with E-state index in [0.29, 0.717) is 10.7 Å². The monoisotopic (exact) mass is 442 g/mol. The molecule has 0 heterocycles. The highest BCUT2D eigenvalue weighted by molar-refractivity contribution is 7.93. The van der Waals surface area contributed by atoms with E-state index in [1.807, 2.05) is 13.0 Å². The van der Waals surface area contributed by atoms with Crippen LogP contribution in [0.25, 0.3) is 0 Å². The molecule has 2 rings (SSSR count). The van der Waals surface area contributed by atoms with E-state index >= 15 is 0 Å². The van der Waals surface area contributed by atoms with Gasteiger partial charge in [-0.3, -0.25) is 9.59 Å². The van der Waals surface area contributed by atoms with Crippen LogP contribution in [0.1, 0.15) is 18.9 Å². The van der Waals surface area contributed by atoms with Gasteiger partial charge in [-0.25, -0.2) is 8.42 Å². The summed E-state index contributed by atoms with van der Waals surface area (Å²) in [5.41, 5.74) is 1.66. The number of hydrogen-bond acceptors (Lipinski definition) is 4. The van der Waals surface area contributed by atoms with E-state index in [1.54, 1.807) is 25.1 Å². The molecule has 0 radical (unpaired) electrons. The zero-order chi connectivity index (χ0) is 20.9. The number of sulfone groups is 1. The predicted octanol–water partition coefficient (Wildman–Crippen LogP) is 4.07. The van der Waals surface area contributed by atoms with Gasteiger partial charge in [-0.15, -0.1) is 0 Å². The molecule has 0 aliphatic rings. The minimum atomic E-state index is -4.04. The molecule has 0 saturated heterocycles. The maximum absolute atomic E-state index is 12.6. The van der Waals surface area contributed by atoms with Gasteiger partial charge < -0.3 is 10.6 Å². The highest BCUT2D eigenvalue weighted by atomic mass is 35.5. The van der Waals surface area contributed by atoms with Crippen molar-refractivity contribution < 1.29 is 18.0 Å².